The molecule has 3 aromatic rings. The second-order valence-electron chi connectivity index (χ2n) is 5.30. The Hall–Kier alpha value is -2.67. The van der Waals surface area contributed by atoms with E-state index in [1.165, 1.54) is 22.1 Å². The summed E-state index contributed by atoms with van der Waals surface area (Å²) in [6, 6.07) is 7.22. The molecule has 0 atom stereocenters. The van der Waals surface area contributed by atoms with Crippen molar-refractivity contribution in [2.24, 2.45) is 0 Å². The molecule has 0 saturated carbocycles. The van der Waals surface area contributed by atoms with Crippen LogP contribution in [0.15, 0.2) is 35.8 Å². The summed E-state index contributed by atoms with van der Waals surface area (Å²) in [4.78, 5) is 29.0. The molecule has 6 nitrogen and oxygen atoms in total. The fourth-order valence-electron chi connectivity index (χ4n) is 2.39. The number of hydrogen-bond donors (Lipinski definition) is 1. The van der Waals surface area contributed by atoms with Gasteiger partial charge in [0.25, 0.3) is 0 Å². The molecule has 1 aromatic carbocycles. The van der Waals surface area contributed by atoms with E-state index in [1.54, 1.807) is 17.5 Å². The number of benzene rings is 1. The fourth-order valence-corrected chi connectivity index (χ4v) is 3.05. The third-order valence-corrected chi connectivity index (χ3v) is 4.45. The van der Waals surface area contributed by atoms with Crippen LogP contribution in [0.2, 0.25) is 0 Å². The number of fused-ring (bicyclic) bond motifs is 1. The molecule has 0 aliphatic rings. The highest BCUT2D eigenvalue weighted by Crippen LogP contribution is 2.25. The number of carbonyl (C=O) groups is 2. The lowest BCUT2D eigenvalue weighted by Crippen LogP contribution is -2.13. The number of aromatic nitrogens is 2. The SMILES string of the molecule is CCCCOC(=O)n1cc(C(=O)c2nc(N)cs2)c2ccccc21. The van der Waals surface area contributed by atoms with Crippen molar-refractivity contribution in [2.75, 3.05) is 12.3 Å². The number of rotatable bonds is 5. The van der Waals surface area contributed by atoms with E-state index >= 15 is 0 Å². The summed E-state index contributed by atoms with van der Waals surface area (Å²) < 4.78 is 6.63. The summed E-state index contributed by atoms with van der Waals surface area (Å²) in [6.07, 6.45) is 2.76. The van der Waals surface area contributed by atoms with Gasteiger partial charge in [0, 0.05) is 17.0 Å². The zero-order chi connectivity index (χ0) is 17.1. The van der Waals surface area contributed by atoms with Gasteiger partial charge in [-0.1, -0.05) is 31.5 Å². The molecular formula is C17H17N3O3S. The Morgan fingerprint density at radius 2 is 2.12 bits per heavy atom. The van der Waals surface area contributed by atoms with Crippen LogP contribution in [0.5, 0.6) is 0 Å². The largest absolute Gasteiger partial charge is 0.449 e. The number of anilines is 1. The van der Waals surface area contributed by atoms with Crippen molar-refractivity contribution in [1.82, 2.24) is 9.55 Å². The summed E-state index contributed by atoms with van der Waals surface area (Å²) in [7, 11) is 0. The Morgan fingerprint density at radius 3 is 2.83 bits per heavy atom. The van der Waals surface area contributed by atoms with Gasteiger partial charge < -0.3 is 10.5 Å². The van der Waals surface area contributed by atoms with Crippen LogP contribution in [0.3, 0.4) is 0 Å². The number of para-hydroxylation sites is 1. The van der Waals surface area contributed by atoms with E-state index in [9.17, 15) is 9.59 Å². The third-order valence-electron chi connectivity index (χ3n) is 3.59. The minimum atomic E-state index is -0.489. The van der Waals surface area contributed by atoms with Gasteiger partial charge in [0.2, 0.25) is 5.78 Å². The first kappa shape index (κ1) is 16.2. The lowest BCUT2D eigenvalue weighted by Gasteiger charge is -2.05. The third kappa shape index (κ3) is 3.03. The van der Waals surface area contributed by atoms with Gasteiger partial charge in [0.1, 0.15) is 5.82 Å². The van der Waals surface area contributed by atoms with E-state index < -0.39 is 6.09 Å². The van der Waals surface area contributed by atoms with Crippen LogP contribution in [0.1, 0.15) is 35.1 Å². The number of nitrogens with two attached hydrogens (primary N) is 1. The second-order valence-corrected chi connectivity index (χ2v) is 6.16. The van der Waals surface area contributed by atoms with Crippen molar-refractivity contribution in [1.29, 1.82) is 0 Å². The monoisotopic (exact) mass is 343 g/mol. The predicted octanol–water partition coefficient (Wildman–Crippen LogP) is 3.70. The summed E-state index contributed by atoms with van der Waals surface area (Å²) in [5.41, 5.74) is 6.64. The molecule has 2 heterocycles. The molecule has 124 valence electrons. The molecule has 0 spiro atoms. The van der Waals surface area contributed by atoms with E-state index in [4.69, 9.17) is 10.5 Å². The molecule has 0 radical (unpaired) electrons. The number of thiazole rings is 1. The highest BCUT2D eigenvalue weighted by atomic mass is 32.1. The van der Waals surface area contributed by atoms with Crippen LogP contribution in [-0.4, -0.2) is 28.0 Å². The van der Waals surface area contributed by atoms with E-state index in [0.29, 0.717) is 33.9 Å². The molecule has 0 aliphatic heterocycles. The highest BCUT2D eigenvalue weighted by Gasteiger charge is 2.21. The number of nitrogen functional groups attached to an aromatic ring is 1. The van der Waals surface area contributed by atoms with E-state index in [1.807, 2.05) is 19.1 Å². The summed E-state index contributed by atoms with van der Waals surface area (Å²) >= 11 is 1.18. The summed E-state index contributed by atoms with van der Waals surface area (Å²) in [6.45, 7) is 2.38. The normalized spacial score (nSPS) is 10.9. The molecular weight excluding hydrogens is 326 g/mol. The molecule has 24 heavy (non-hydrogen) atoms. The van der Waals surface area contributed by atoms with Crippen molar-refractivity contribution in [3.05, 3.63) is 46.4 Å². The van der Waals surface area contributed by atoms with Crippen molar-refractivity contribution < 1.29 is 14.3 Å². The first-order valence-electron chi connectivity index (χ1n) is 7.64. The van der Waals surface area contributed by atoms with E-state index in [-0.39, 0.29) is 5.78 Å². The van der Waals surface area contributed by atoms with Crippen LogP contribution >= 0.6 is 11.3 Å². The summed E-state index contributed by atoms with van der Waals surface area (Å²) in [5, 5.41) is 2.60. The van der Waals surface area contributed by atoms with Crippen LogP contribution < -0.4 is 5.73 Å². The first-order chi connectivity index (χ1) is 11.6. The predicted molar refractivity (Wildman–Crippen MR) is 93.6 cm³/mol. The Balaban J connectivity index is 2.00. The van der Waals surface area contributed by atoms with Crippen LogP contribution in [0, 0.1) is 0 Å². The van der Waals surface area contributed by atoms with Crippen molar-refractivity contribution in [3.8, 4) is 0 Å². The Labute approximate surface area is 142 Å². The first-order valence-corrected chi connectivity index (χ1v) is 8.52. The zero-order valence-corrected chi connectivity index (χ0v) is 14.0. The zero-order valence-electron chi connectivity index (χ0n) is 13.2. The van der Waals surface area contributed by atoms with Crippen LogP contribution in [0.4, 0.5) is 10.6 Å². The topological polar surface area (TPSA) is 87.2 Å². The van der Waals surface area contributed by atoms with Gasteiger partial charge in [-0.15, -0.1) is 11.3 Å². The average molecular weight is 343 g/mol. The Kier molecular flexibility index (Phi) is 4.61. The number of ketones is 1. The maximum absolute atomic E-state index is 12.7. The van der Waals surface area contributed by atoms with Crippen molar-refractivity contribution in [3.63, 3.8) is 0 Å². The molecule has 0 unspecified atom stereocenters. The smallest absolute Gasteiger partial charge is 0.418 e. The molecule has 0 saturated heterocycles. The van der Waals surface area contributed by atoms with E-state index in [0.717, 1.165) is 12.8 Å². The van der Waals surface area contributed by atoms with Gasteiger partial charge in [-0.2, -0.15) is 0 Å². The second kappa shape index (κ2) is 6.84. The number of nitrogens with zero attached hydrogens (tertiary/aromatic N) is 2. The van der Waals surface area contributed by atoms with Crippen LogP contribution in [0.25, 0.3) is 10.9 Å². The molecule has 2 aromatic heterocycles. The number of hydrogen-bond acceptors (Lipinski definition) is 6. The minimum absolute atomic E-state index is 0.256. The average Bonchev–Trinajstić information content (AvgIpc) is 3.18. The van der Waals surface area contributed by atoms with Crippen LogP contribution in [-0.2, 0) is 4.74 Å². The Morgan fingerprint density at radius 1 is 1.33 bits per heavy atom. The number of ether oxygens (including phenoxy) is 1. The Bertz CT molecular complexity index is 898. The molecule has 0 fully saturated rings. The standard InChI is InChI=1S/C17H17N3O3S/c1-2-3-8-23-17(22)20-9-12(11-6-4-5-7-13(11)20)15(21)16-19-14(18)10-24-16/h4-7,9-10H,2-3,8,18H2,1H3. The maximum atomic E-state index is 12.7. The summed E-state index contributed by atoms with van der Waals surface area (Å²) in [5.74, 6) is 0.0547. The molecule has 0 aliphatic carbocycles. The van der Waals surface area contributed by atoms with E-state index in [2.05, 4.69) is 4.98 Å². The van der Waals surface area contributed by atoms with Gasteiger partial charge >= 0.3 is 6.09 Å². The van der Waals surface area contributed by atoms with Crippen molar-refractivity contribution >= 4 is 39.9 Å². The quantitative estimate of drug-likeness (QED) is 0.564. The minimum Gasteiger partial charge on any atom is -0.449 e. The fraction of sp³-hybridized carbons (Fsp3) is 0.235. The van der Waals surface area contributed by atoms with Crippen molar-refractivity contribution in [2.45, 2.75) is 19.8 Å². The number of carbonyl (C=O) groups excluding carboxylic acids is 2. The highest BCUT2D eigenvalue weighted by molar-refractivity contribution is 7.12. The van der Waals surface area contributed by atoms with Gasteiger partial charge in [0.05, 0.1) is 17.7 Å². The molecule has 0 bridgehead atoms. The molecule has 7 heteroatoms. The van der Waals surface area contributed by atoms with Gasteiger partial charge in [-0.3, -0.25) is 9.36 Å². The maximum Gasteiger partial charge on any atom is 0.418 e. The number of unbranched alkanes of at least 4 members (excludes halogenated alkanes) is 1. The lowest BCUT2D eigenvalue weighted by atomic mass is 10.1. The van der Waals surface area contributed by atoms with Gasteiger partial charge in [-0.25, -0.2) is 9.78 Å². The lowest BCUT2D eigenvalue weighted by molar-refractivity contribution is 0.104. The molecule has 3 rings (SSSR count). The van der Waals surface area contributed by atoms with Gasteiger partial charge in [0.15, 0.2) is 5.01 Å². The molecule has 0 amide bonds. The molecule has 2 N–H and O–H groups in total. The van der Waals surface area contributed by atoms with Gasteiger partial charge in [-0.05, 0) is 12.5 Å².